The van der Waals surface area contributed by atoms with E-state index < -0.39 is 17.3 Å². The third-order valence-corrected chi connectivity index (χ3v) is 3.98. The normalized spacial score (nSPS) is 16.6. The van der Waals surface area contributed by atoms with Crippen molar-refractivity contribution < 1.29 is 22.7 Å². The summed E-state index contributed by atoms with van der Waals surface area (Å²) in [7, 11) is 0. The summed E-state index contributed by atoms with van der Waals surface area (Å²) in [4.78, 5) is 13.7. The Morgan fingerprint density at radius 3 is 2.52 bits per heavy atom. The Bertz CT molecular complexity index is 589. The number of likely N-dealkylation sites (tertiary alicyclic amines) is 1. The van der Waals surface area contributed by atoms with Gasteiger partial charge in [-0.15, -0.1) is 0 Å². The molecular weight excluding hydrogens is 333 g/mol. The standard InChI is InChI=1S/C18H24F3N2O2/c1-17(2,3)25-16(24)23-9-7-13(8-10-23)12-22-15-6-4-5-14(11-15)18(19,20)21/h4-5,11,13,22H,7-10,12H2,1-3H3. The van der Waals surface area contributed by atoms with Gasteiger partial charge in [-0.2, -0.15) is 13.2 Å². The second-order valence-electron chi connectivity index (χ2n) is 7.28. The Hall–Kier alpha value is -1.92. The van der Waals surface area contributed by atoms with Gasteiger partial charge in [0.15, 0.2) is 0 Å². The van der Waals surface area contributed by atoms with E-state index in [2.05, 4.69) is 11.4 Å². The second kappa shape index (κ2) is 7.54. The second-order valence-corrected chi connectivity index (χ2v) is 7.28. The zero-order chi connectivity index (χ0) is 18.7. The van der Waals surface area contributed by atoms with Crippen LogP contribution in [0.4, 0.5) is 23.7 Å². The van der Waals surface area contributed by atoms with E-state index in [-0.39, 0.29) is 6.09 Å². The van der Waals surface area contributed by atoms with Gasteiger partial charge >= 0.3 is 12.3 Å². The molecule has 1 fully saturated rings. The van der Waals surface area contributed by atoms with Gasteiger partial charge in [0.05, 0.1) is 5.56 Å². The predicted molar refractivity (Wildman–Crippen MR) is 89.3 cm³/mol. The van der Waals surface area contributed by atoms with Crippen LogP contribution in [0.2, 0.25) is 0 Å². The Balaban J connectivity index is 1.80. The first-order chi connectivity index (χ1) is 11.5. The third kappa shape index (κ3) is 6.14. The van der Waals surface area contributed by atoms with E-state index in [4.69, 9.17) is 4.74 Å². The number of piperidine rings is 1. The molecule has 1 aromatic carbocycles. The average Bonchev–Trinajstić information content (AvgIpc) is 2.51. The minimum Gasteiger partial charge on any atom is -0.444 e. The van der Waals surface area contributed by atoms with Crippen LogP contribution in [0.15, 0.2) is 18.2 Å². The van der Waals surface area contributed by atoms with Crippen molar-refractivity contribution in [3.8, 4) is 0 Å². The highest BCUT2D eigenvalue weighted by Crippen LogP contribution is 2.30. The summed E-state index contributed by atoms with van der Waals surface area (Å²) in [5, 5.41) is 3.02. The smallest absolute Gasteiger partial charge is 0.416 e. The lowest BCUT2D eigenvalue weighted by atomic mass is 9.97. The van der Waals surface area contributed by atoms with Crippen LogP contribution in [-0.4, -0.2) is 36.2 Å². The lowest BCUT2D eigenvalue weighted by Gasteiger charge is -2.33. The van der Waals surface area contributed by atoms with E-state index in [0.717, 1.165) is 25.0 Å². The van der Waals surface area contributed by atoms with Gasteiger partial charge in [0, 0.05) is 31.4 Å². The Kier molecular flexibility index (Phi) is 5.85. The number of rotatable bonds is 3. The Morgan fingerprint density at radius 1 is 1.32 bits per heavy atom. The molecule has 1 radical (unpaired) electrons. The van der Waals surface area contributed by atoms with E-state index in [0.29, 0.717) is 31.2 Å². The van der Waals surface area contributed by atoms with Crippen LogP contribution in [-0.2, 0) is 10.9 Å². The van der Waals surface area contributed by atoms with Crippen molar-refractivity contribution in [1.82, 2.24) is 4.90 Å². The van der Waals surface area contributed by atoms with Crippen LogP contribution in [0.5, 0.6) is 0 Å². The quantitative estimate of drug-likeness (QED) is 0.862. The van der Waals surface area contributed by atoms with Crippen LogP contribution >= 0.6 is 0 Å². The molecule has 1 heterocycles. The summed E-state index contributed by atoms with van der Waals surface area (Å²) in [5.74, 6) is 0.293. The van der Waals surface area contributed by atoms with Crippen LogP contribution in [0.1, 0.15) is 39.2 Å². The number of carbonyl (C=O) groups excluding carboxylic acids is 1. The fourth-order valence-corrected chi connectivity index (χ4v) is 2.65. The molecule has 1 aromatic rings. The maximum Gasteiger partial charge on any atom is 0.416 e. The minimum atomic E-state index is -4.36. The first-order valence-corrected chi connectivity index (χ1v) is 8.35. The number of ether oxygens (including phenoxy) is 1. The van der Waals surface area contributed by atoms with Gasteiger partial charge in [-0.05, 0) is 51.7 Å². The molecular formula is C18H24F3N2O2. The van der Waals surface area contributed by atoms with Gasteiger partial charge in [0.25, 0.3) is 0 Å². The van der Waals surface area contributed by atoms with Crippen LogP contribution in [0.3, 0.4) is 0 Å². The number of carbonyl (C=O) groups is 1. The zero-order valence-corrected chi connectivity index (χ0v) is 14.7. The Labute approximate surface area is 146 Å². The predicted octanol–water partition coefficient (Wildman–Crippen LogP) is 4.56. The summed E-state index contributed by atoms with van der Waals surface area (Å²) in [5.41, 5.74) is -0.868. The maximum absolute atomic E-state index is 12.7. The molecule has 0 spiro atoms. The fourth-order valence-electron chi connectivity index (χ4n) is 2.65. The molecule has 0 bridgehead atoms. The molecule has 7 heteroatoms. The molecule has 25 heavy (non-hydrogen) atoms. The topological polar surface area (TPSA) is 41.6 Å². The number of hydrogen-bond donors (Lipinski definition) is 1. The van der Waals surface area contributed by atoms with Gasteiger partial charge in [-0.1, -0.05) is 6.07 Å². The highest BCUT2D eigenvalue weighted by molar-refractivity contribution is 5.68. The number of anilines is 1. The van der Waals surface area contributed by atoms with E-state index in [1.807, 2.05) is 20.8 Å². The van der Waals surface area contributed by atoms with Gasteiger partial charge < -0.3 is 15.0 Å². The molecule has 1 N–H and O–H groups in total. The first kappa shape index (κ1) is 19.4. The molecule has 0 unspecified atom stereocenters. The van der Waals surface area contributed by atoms with E-state index >= 15 is 0 Å². The molecule has 1 aliphatic rings. The monoisotopic (exact) mass is 357 g/mol. The molecule has 0 aliphatic carbocycles. The molecule has 0 aromatic heterocycles. The average molecular weight is 357 g/mol. The van der Waals surface area contributed by atoms with Crippen LogP contribution in [0.25, 0.3) is 0 Å². The highest BCUT2D eigenvalue weighted by atomic mass is 19.4. The molecule has 1 saturated heterocycles. The number of benzene rings is 1. The van der Waals surface area contributed by atoms with Gasteiger partial charge in [-0.3, -0.25) is 0 Å². The highest BCUT2D eigenvalue weighted by Gasteiger charge is 2.30. The number of nitrogens with one attached hydrogen (secondary N) is 1. The molecule has 0 saturated carbocycles. The van der Waals surface area contributed by atoms with Crippen molar-refractivity contribution in [1.29, 1.82) is 0 Å². The maximum atomic E-state index is 12.7. The van der Waals surface area contributed by atoms with E-state index in [9.17, 15) is 18.0 Å². The number of amides is 1. The van der Waals surface area contributed by atoms with Crippen molar-refractivity contribution >= 4 is 11.8 Å². The summed E-state index contributed by atoms with van der Waals surface area (Å²) < 4.78 is 43.5. The number of hydrogen-bond acceptors (Lipinski definition) is 3. The number of alkyl halides is 3. The fraction of sp³-hybridized carbons (Fsp3) is 0.611. The van der Waals surface area contributed by atoms with Gasteiger partial charge in [-0.25, -0.2) is 4.79 Å². The third-order valence-electron chi connectivity index (χ3n) is 3.98. The lowest BCUT2D eigenvalue weighted by Crippen LogP contribution is -2.42. The largest absolute Gasteiger partial charge is 0.444 e. The van der Waals surface area contributed by atoms with E-state index in [1.54, 1.807) is 4.90 Å². The number of halogens is 3. The SMILES string of the molecule is CC(C)(C)OC(=O)N1CCC(CNc2[c]ccc(C(F)(F)F)c2)CC1. The summed E-state index contributed by atoms with van der Waals surface area (Å²) in [6.07, 6.45) is -3.11. The molecule has 0 atom stereocenters. The number of nitrogens with zero attached hydrogens (tertiary/aromatic N) is 1. The van der Waals surface area contributed by atoms with Crippen LogP contribution in [0, 0.1) is 12.0 Å². The van der Waals surface area contributed by atoms with Gasteiger partial charge in [0.1, 0.15) is 5.60 Å². The molecule has 2 rings (SSSR count). The Morgan fingerprint density at radius 2 is 1.96 bits per heavy atom. The summed E-state index contributed by atoms with van der Waals surface area (Å²) in [6, 6.07) is 6.12. The van der Waals surface area contributed by atoms with Gasteiger partial charge in [0.2, 0.25) is 0 Å². The van der Waals surface area contributed by atoms with Crippen molar-refractivity contribution in [2.75, 3.05) is 25.0 Å². The summed E-state index contributed by atoms with van der Waals surface area (Å²) in [6.45, 7) is 7.22. The molecule has 4 nitrogen and oxygen atoms in total. The minimum absolute atomic E-state index is 0.293. The van der Waals surface area contributed by atoms with E-state index in [1.165, 1.54) is 6.07 Å². The lowest BCUT2D eigenvalue weighted by molar-refractivity contribution is -0.137. The van der Waals surface area contributed by atoms with Crippen molar-refractivity contribution in [3.05, 3.63) is 29.8 Å². The molecule has 1 aliphatic heterocycles. The zero-order valence-electron chi connectivity index (χ0n) is 14.7. The molecule has 139 valence electrons. The molecule has 1 amide bonds. The van der Waals surface area contributed by atoms with Crippen molar-refractivity contribution in [3.63, 3.8) is 0 Å². The first-order valence-electron chi connectivity index (χ1n) is 8.35. The van der Waals surface area contributed by atoms with Crippen molar-refractivity contribution in [2.45, 2.75) is 45.4 Å². The summed E-state index contributed by atoms with van der Waals surface area (Å²) >= 11 is 0. The van der Waals surface area contributed by atoms with Crippen molar-refractivity contribution in [2.24, 2.45) is 5.92 Å². The van der Waals surface area contributed by atoms with Crippen LogP contribution < -0.4 is 5.32 Å².